The lowest BCUT2D eigenvalue weighted by Crippen LogP contribution is -2.16. The SMILES string of the molecule is Cc1nc(N(C)Cc2ccccn2)sc1C=O. The van der Waals surface area contributed by atoms with E-state index in [2.05, 4.69) is 9.97 Å². The van der Waals surface area contributed by atoms with Gasteiger partial charge in [0.2, 0.25) is 0 Å². The minimum absolute atomic E-state index is 0.687. The maximum atomic E-state index is 10.8. The van der Waals surface area contributed by atoms with E-state index in [0.717, 1.165) is 22.8 Å². The molecule has 0 bridgehead atoms. The molecular formula is C12H13N3OS. The van der Waals surface area contributed by atoms with Crippen LogP contribution in [0.2, 0.25) is 0 Å². The Morgan fingerprint density at radius 1 is 1.47 bits per heavy atom. The van der Waals surface area contributed by atoms with E-state index < -0.39 is 0 Å². The zero-order valence-electron chi connectivity index (χ0n) is 9.75. The monoisotopic (exact) mass is 247 g/mol. The maximum absolute atomic E-state index is 10.8. The van der Waals surface area contributed by atoms with E-state index in [0.29, 0.717) is 11.4 Å². The molecular weight excluding hydrogens is 234 g/mol. The number of nitrogens with zero attached hydrogens (tertiary/aromatic N) is 3. The van der Waals surface area contributed by atoms with Gasteiger partial charge in [-0.3, -0.25) is 9.78 Å². The molecule has 0 fully saturated rings. The van der Waals surface area contributed by atoms with Crippen molar-refractivity contribution < 1.29 is 4.79 Å². The van der Waals surface area contributed by atoms with E-state index in [1.807, 2.05) is 37.1 Å². The molecule has 0 unspecified atom stereocenters. The molecule has 0 saturated carbocycles. The van der Waals surface area contributed by atoms with E-state index in [4.69, 9.17) is 0 Å². The van der Waals surface area contributed by atoms with Crippen LogP contribution in [0.3, 0.4) is 0 Å². The van der Waals surface area contributed by atoms with Crippen molar-refractivity contribution >= 4 is 22.8 Å². The molecule has 4 nitrogen and oxygen atoms in total. The fourth-order valence-electron chi connectivity index (χ4n) is 1.47. The molecule has 2 rings (SSSR count). The standard InChI is InChI=1S/C12H13N3OS/c1-9-11(8-16)17-12(14-9)15(2)7-10-5-3-4-6-13-10/h3-6,8H,7H2,1-2H3. The number of pyridine rings is 1. The number of thiazole rings is 1. The zero-order valence-corrected chi connectivity index (χ0v) is 10.6. The Labute approximate surface area is 104 Å². The van der Waals surface area contributed by atoms with Crippen LogP contribution in [0.15, 0.2) is 24.4 Å². The van der Waals surface area contributed by atoms with Crippen molar-refractivity contribution in [2.45, 2.75) is 13.5 Å². The summed E-state index contributed by atoms with van der Waals surface area (Å²) in [6.07, 6.45) is 2.62. The molecule has 17 heavy (non-hydrogen) atoms. The van der Waals surface area contributed by atoms with Crippen LogP contribution < -0.4 is 4.90 Å². The second-order valence-electron chi connectivity index (χ2n) is 3.74. The molecule has 0 aliphatic carbocycles. The first-order valence-corrected chi connectivity index (χ1v) is 6.06. The van der Waals surface area contributed by atoms with Crippen LogP contribution in [0.25, 0.3) is 0 Å². The molecule has 0 radical (unpaired) electrons. The molecule has 5 heteroatoms. The molecule has 0 aromatic carbocycles. The molecule has 88 valence electrons. The van der Waals surface area contributed by atoms with Crippen LogP contribution in [0.4, 0.5) is 5.13 Å². The highest BCUT2D eigenvalue weighted by Crippen LogP contribution is 2.24. The van der Waals surface area contributed by atoms with Gasteiger partial charge in [0.15, 0.2) is 11.4 Å². The first-order valence-electron chi connectivity index (χ1n) is 5.24. The van der Waals surface area contributed by atoms with Crippen molar-refractivity contribution in [2.24, 2.45) is 0 Å². The number of carbonyl (C=O) groups excluding carboxylic acids is 1. The number of rotatable bonds is 4. The fourth-order valence-corrected chi connectivity index (χ4v) is 2.31. The average Bonchev–Trinajstić information content (AvgIpc) is 2.72. The number of hydrogen-bond acceptors (Lipinski definition) is 5. The molecule has 0 saturated heterocycles. The van der Waals surface area contributed by atoms with Crippen LogP contribution in [0, 0.1) is 6.92 Å². The number of aldehydes is 1. The summed E-state index contributed by atoms with van der Waals surface area (Å²) in [5.41, 5.74) is 1.77. The maximum Gasteiger partial charge on any atom is 0.186 e. The second kappa shape index (κ2) is 5.05. The largest absolute Gasteiger partial charge is 0.345 e. The third-order valence-corrected chi connectivity index (χ3v) is 3.58. The van der Waals surface area contributed by atoms with Gasteiger partial charge in [-0.2, -0.15) is 0 Å². The van der Waals surface area contributed by atoms with E-state index in [9.17, 15) is 4.79 Å². The summed E-state index contributed by atoms with van der Waals surface area (Å²) in [7, 11) is 1.95. The molecule has 0 N–H and O–H groups in total. The number of aryl methyl sites for hydroxylation is 1. The summed E-state index contributed by atoms with van der Waals surface area (Å²) >= 11 is 1.41. The summed E-state index contributed by atoms with van der Waals surface area (Å²) < 4.78 is 0. The van der Waals surface area contributed by atoms with Crippen LogP contribution >= 0.6 is 11.3 Å². The number of aromatic nitrogens is 2. The van der Waals surface area contributed by atoms with Crippen molar-refractivity contribution in [3.05, 3.63) is 40.7 Å². The average molecular weight is 247 g/mol. The number of carbonyl (C=O) groups is 1. The quantitative estimate of drug-likeness (QED) is 0.778. The van der Waals surface area contributed by atoms with Gasteiger partial charge in [-0.1, -0.05) is 17.4 Å². The summed E-state index contributed by atoms with van der Waals surface area (Å²) in [4.78, 5) is 22.1. The summed E-state index contributed by atoms with van der Waals surface area (Å²) in [6.45, 7) is 2.53. The Kier molecular flexibility index (Phi) is 3.49. The molecule has 0 aliphatic rings. The van der Waals surface area contributed by atoms with Gasteiger partial charge in [0.1, 0.15) is 0 Å². The van der Waals surface area contributed by atoms with Crippen LogP contribution in [0.1, 0.15) is 21.1 Å². The van der Waals surface area contributed by atoms with Crippen molar-refractivity contribution in [3.63, 3.8) is 0 Å². The van der Waals surface area contributed by atoms with Crippen molar-refractivity contribution in [2.75, 3.05) is 11.9 Å². The molecule has 0 aliphatic heterocycles. The van der Waals surface area contributed by atoms with Crippen LogP contribution in [0.5, 0.6) is 0 Å². The van der Waals surface area contributed by atoms with Crippen LogP contribution in [-0.4, -0.2) is 23.3 Å². The molecule has 2 aromatic heterocycles. The Bertz CT molecular complexity index is 510. The zero-order chi connectivity index (χ0) is 12.3. The van der Waals surface area contributed by atoms with E-state index in [1.54, 1.807) is 6.20 Å². The lowest BCUT2D eigenvalue weighted by Gasteiger charge is -2.14. The van der Waals surface area contributed by atoms with Crippen molar-refractivity contribution in [1.82, 2.24) is 9.97 Å². The highest BCUT2D eigenvalue weighted by atomic mass is 32.1. The fraction of sp³-hybridized carbons (Fsp3) is 0.250. The second-order valence-corrected chi connectivity index (χ2v) is 4.75. The van der Waals surface area contributed by atoms with Crippen molar-refractivity contribution in [3.8, 4) is 0 Å². The number of anilines is 1. The Balaban J connectivity index is 2.14. The third-order valence-electron chi connectivity index (χ3n) is 2.38. The predicted octanol–water partition coefficient (Wildman–Crippen LogP) is 2.30. The van der Waals surface area contributed by atoms with E-state index in [-0.39, 0.29) is 0 Å². The molecule has 2 aromatic rings. The number of hydrogen-bond donors (Lipinski definition) is 0. The molecule has 0 atom stereocenters. The summed E-state index contributed by atoms with van der Waals surface area (Å²) in [6, 6.07) is 5.82. The molecule has 0 spiro atoms. The van der Waals surface area contributed by atoms with Gasteiger partial charge in [0, 0.05) is 13.2 Å². The van der Waals surface area contributed by atoms with Crippen LogP contribution in [-0.2, 0) is 6.54 Å². The lowest BCUT2D eigenvalue weighted by atomic mass is 10.3. The lowest BCUT2D eigenvalue weighted by molar-refractivity contribution is 0.112. The third kappa shape index (κ3) is 2.68. The normalized spacial score (nSPS) is 10.2. The van der Waals surface area contributed by atoms with Gasteiger partial charge >= 0.3 is 0 Å². The van der Waals surface area contributed by atoms with Gasteiger partial charge < -0.3 is 4.90 Å². The highest BCUT2D eigenvalue weighted by molar-refractivity contribution is 7.17. The van der Waals surface area contributed by atoms with E-state index >= 15 is 0 Å². The topological polar surface area (TPSA) is 46.1 Å². The summed E-state index contributed by atoms with van der Waals surface area (Å²) in [5, 5.41) is 0.843. The van der Waals surface area contributed by atoms with Gasteiger partial charge in [0.05, 0.1) is 22.8 Å². The molecule has 0 amide bonds. The van der Waals surface area contributed by atoms with Gasteiger partial charge in [0.25, 0.3) is 0 Å². The highest BCUT2D eigenvalue weighted by Gasteiger charge is 2.11. The van der Waals surface area contributed by atoms with Gasteiger partial charge in [-0.05, 0) is 19.1 Å². The van der Waals surface area contributed by atoms with Gasteiger partial charge in [-0.25, -0.2) is 4.98 Å². The first-order chi connectivity index (χ1) is 8.20. The predicted molar refractivity (Wildman–Crippen MR) is 68.6 cm³/mol. The smallest absolute Gasteiger partial charge is 0.186 e. The molecule has 2 heterocycles. The van der Waals surface area contributed by atoms with E-state index in [1.165, 1.54) is 11.3 Å². The Hall–Kier alpha value is -1.75. The Morgan fingerprint density at radius 2 is 2.29 bits per heavy atom. The minimum atomic E-state index is 0.687. The summed E-state index contributed by atoms with van der Waals surface area (Å²) in [5.74, 6) is 0. The Morgan fingerprint density at radius 3 is 2.88 bits per heavy atom. The van der Waals surface area contributed by atoms with Gasteiger partial charge in [-0.15, -0.1) is 0 Å². The first kappa shape index (κ1) is 11.7. The minimum Gasteiger partial charge on any atom is -0.345 e. The van der Waals surface area contributed by atoms with Crippen molar-refractivity contribution in [1.29, 1.82) is 0 Å².